The zero-order valence-corrected chi connectivity index (χ0v) is 24.2. The third-order valence-corrected chi connectivity index (χ3v) is 8.85. The lowest BCUT2D eigenvalue weighted by molar-refractivity contribution is -0.116. The number of alkyl carbamates (subject to hydrolysis) is 1. The number of hydrogen-bond donors (Lipinski definition) is 3. The van der Waals surface area contributed by atoms with Crippen LogP contribution in [0.4, 0.5) is 10.6 Å². The summed E-state index contributed by atoms with van der Waals surface area (Å²) in [7, 11) is 0. The van der Waals surface area contributed by atoms with Gasteiger partial charge in [-0.2, -0.15) is 0 Å². The topological polar surface area (TPSA) is 173 Å². The lowest BCUT2D eigenvalue weighted by atomic mass is 9.93. The Morgan fingerprint density at radius 2 is 2.05 bits per heavy atom. The van der Waals surface area contributed by atoms with Crippen molar-refractivity contribution in [1.29, 1.82) is 0 Å². The van der Waals surface area contributed by atoms with Gasteiger partial charge in [0.25, 0.3) is 0 Å². The number of rotatable bonds is 11. The Balaban J connectivity index is 1.22. The number of likely N-dealkylation sites (tertiary alicyclic amines) is 1. The first-order chi connectivity index (χ1) is 19.4. The molecule has 2 aliphatic rings. The molecule has 1 atom stereocenters. The minimum absolute atomic E-state index is 0.201. The summed E-state index contributed by atoms with van der Waals surface area (Å²) in [4.78, 5) is 39.7. The molecule has 40 heavy (non-hydrogen) atoms. The Morgan fingerprint density at radius 1 is 1.27 bits per heavy atom. The highest BCUT2D eigenvalue weighted by Crippen LogP contribution is 2.43. The van der Waals surface area contributed by atoms with E-state index < -0.39 is 12.2 Å². The van der Waals surface area contributed by atoms with Crippen LogP contribution >= 0.6 is 27.7 Å². The van der Waals surface area contributed by atoms with E-state index in [1.54, 1.807) is 0 Å². The van der Waals surface area contributed by atoms with Crippen molar-refractivity contribution in [3.8, 4) is 11.5 Å². The summed E-state index contributed by atoms with van der Waals surface area (Å²) in [5, 5.41) is 3.28. The second-order valence-corrected chi connectivity index (χ2v) is 11.4. The fourth-order valence-corrected chi connectivity index (χ4v) is 6.28. The number of imidazole rings is 1. The molecule has 1 amide bonds. The van der Waals surface area contributed by atoms with Crippen molar-refractivity contribution in [1.82, 2.24) is 29.7 Å². The summed E-state index contributed by atoms with van der Waals surface area (Å²) >= 11 is 5.13. The molecule has 0 radical (unpaired) electrons. The second kappa shape index (κ2) is 13.0. The number of nitrogens with one attached hydrogen (secondary N) is 1. The number of amides is 1. The quantitative estimate of drug-likeness (QED) is 0.263. The van der Waals surface area contributed by atoms with E-state index >= 15 is 0 Å². The molecule has 2 aromatic heterocycles. The molecule has 13 nitrogen and oxygen atoms in total. The molecule has 5 N–H and O–H groups in total. The van der Waals surface area contributed by atoms with Gasteiger partial charge in [-0.3, -0.25) is 9.69 Å². The summed E-state index contributed by atoms with van der Waals surface area (Å²) in [5.41, 5.74) is 12.8. The number of nitrogen functional groups attached to an aromatic ring is 1. The van der Waals surface area contributed by atoms with Crippen LogP contribution in [0.15, 0.2) is 33.0 Å². The summed E-state index contributed by atoms with van der Waals surface area (Å²) in [5.74, 6) is 2.21. The molecule has 1 aromatic carbocycles. The number of aldehydes is 1. The number of hydrogen-bond acceptors (Lipinski definition) is 12. The Labute approximate surface area is 243 Å². The average molecular weight is 636 g/mol. The smallest absolute Gasteiger partial charge is 0.407 e. The summed E-state index contributed by atoms with van der Waals surface area (Å²) in [6.45, 7) is 3.52. The molecular formula is C25H31BrN8O5S. The van der Waals surface area contributed by atoms with Crippen molar-refractivity contribution < 1.29 is 23.8 Å². The van der Waals surface area contributed by atoms with Gasteiger partial charge in [0.15, 0.2) is 46.0 Å². The zero-order chi connectivity index (χ0) is 28.1. The van der Waals surface area contributed by atoms with Crippen molar-refractivity contribution in [2.75, 3.05) is 45.3 Å². The van der Waals surface area contributed by atoms with Gasteiger partial charge in [0.2, 0.25) is 6.79 Å². The van der Waals surface area contributed by atoms with Gasteiger partial charge in [0.1, 0.15) is 6.33 Å². The molecule has 15 heteroatoms. The van der Waals surface area contributed by atoms with Crippen LogP contribution in [0, 0.1) is 5.92 Å². The van der Waals surface area contributed by atoms with Gasteiger partial charge in [-0.1, -0.05) is 11.8 Å². The molecule has 3 aromatic rings. The van der Waals surface area contributed by atoms with Gasteiger partial charge >= 0.3 is 6.09 Å². The van der Waals surface area contributed by atoms with Gasteiger partial charge in [0.05, 0.1) is 0 Å². The largest absolute Gasteiger partial charge is 0.454 e. The Morgan fingerprint density at radius 3 is 2.80 bits per heavy atom. The Bertz CT molecular complexity index is 1370. The number of anilines is 1. The first-order valence-corrected chi connectivity index (χ1v) is 14.6. The standard InChI is InChI=1S/C25H31BrN8O5S/c26-17-9-18-19(38-14-37-18)10-20(17)40-24-32-21-22(28)30-13-31-23(21)34(24)8-3-15-1-6-33(7-2-15)11-16(12-35)39-25(36)29-5-4-27/h9-10,12-13,15-16H,1-8,11,14,27H2,(H,29,36)(H2,28,30,31)/t16-/m0/s1. The number of aryl methyl sites for hydroxylation is 1. The number of piperidine rings is 1. The third kappa shape index (κ3) is 6.59. The van der Waals surface area contributed by atoms with Crippen LogP contribution in [0.3, 0.4) is 0 Å². The number of halogens is 1. The van der Waals surface area contributed by atoms with E-state index in [0.717, 1.165) is 46.9 Å². The first-order valence-electron chi connectivity index (χ1n) is 13.0. The van der Waals surface area contributed by atoms with Crippen LogP contribution in [-0.4, -0.2) is 82.4 Å². The maximum absolute atomic E-state index is 11.8. The van der Waals surface area contributed by atoms with Crippen molar-refractivity contribution in [2.45, 2.75) is 42.0 Å². The number of carbonyl (C=O) groups is 2. The van der Waals surface area contributed by atoms with E-state index in [9.17, 15) is 9.59 Å². The van der Waals surface area contributed by atoms with Gasteiger partial charge in [-0.15, -0.1) is 0 Å². The molecule has 0 saturated carbocycles. The summed E-state index contributed by atoms with van der Waals surface area (Å²) in [6, 6.07) is 3.83. The SMILES string of the molecule is NCCNC(=O)O[C@H](C=O)CN1CCC(CCn2c(Sc3cc4c(cc3Br)OCO4)nc3c(N)ncnc32)CC1. The Kier molecular flexibility index (Phi) is 9.24. The number of nitrogens with zero attached hydrogens (tertiary/aromatic N) is 5. The highest BCUT2D eigenvalue weighted by molar-refractivity contribution is 9.10. The molecule has 1 fully saturated rings. The molecule has 0 aliphatic carbocycles. The minimum Gasteiger partial charge on any atom is -0.454 e. The lowest BCUT2D eigenvalue weighted by Gasteiger charge is -2.33. The van der Waals surface area contributed by atoms with E-state index in [1.165, 1.54) is 18.1 Å². The zero-order valence-electron chi connectivity index (χ0n) is 21.8. The average Bonchev–Trinajstić information content (AvgIpc) is 3.55. The molecule has 0 bridgehead atoms. The van der Waals surface area contributed by atoms with E-state index in [0.29, 0.717) is 66.9 Å². The number of carbonyl (C=O) groups excluding carboxylic acids is 2. The van der Waals surface area contributed by atoms with Gasteiger partial charge < -0.3 is 35.6 Å². The van der Waals surface area contributed by atoms with Gasteiger partial charge in [0, 0.05) is 35.5 Å². The molecule has 0 unspecified atom stereocenters. The molecular weight excluding hydrogens is 604 g/mol. The molecule has 214 valence electrons. The number of fused-ring (bicyclic) bond motifs is 2. The van der Waals surface area contributed by atoms with Crippen molar-refractivity contribution >= 4 is 57.1 Å². The normalized spacial score (nSPS) is 16.2. The number of benzene rings is 1. The maximum Gasteiger partial charge on any atom is 0.407 e. The third-order valence-electron chi connectivity index (χ3n) is 6.88. The number of nitrogens with two attached hydrogens (primary N) is 2. The van der Waals surface area contributed by atoms with E-state index in [4.69, 9.17) is 30.7 Å². The predicted molar refractivity (Wildman–Crippen MR) is 151 cm³/mol. The van der Waals surface area contributed by atoms with Gasteiger partial charge in [-0.05, 0) is 66.3 Å². The molecule has 1 saturated heterocycles. The summed E-state index contributed by atoms with van der Waals surface area (Å²) < 4.78 is 19.2. The minimum atomic E-state index is -0.813. The number of aromatic nitrogens is 4. The van der Waals surface area contributed by atoms with E-state index in [1.807, 2.05) is 12.1 Å². The maximum atomic E-state index is 11.8. The molecule has 4 heterocycles. The fraction of sp³-hybridized carbons (Fsp3) is 0.480. The molecule has 5 rings (SSSR count). The van der Waals surface area contributed by atoms with Crippen molar-refractivity contribution in [3.05, 3.63) is 22.9 Å². The lowest BCUT2D eigenvalue weighted by Crippen LogP contribution is -2.42. The van der Waals surface area contributed by atoms with Crippen LogP contribution in [0.25, 0.3) is 11.2 Å². The van der Waals surface area contributed by atoms with Gasteiger partial charge in [-0.25, -0.2) is 19.7 Å². The Hall–Kier alpha value is -3.14. The van der Waals surface area contributed by atoms with Crippen LogP contribution in [0.2, 0.25) is 0 Å². The van der Waals surface area contributed by atoms with Crippen LogP contribution in [0.1, 0.15) is 19.3 Å². The first kappa shape index (κ1) is 28.4. The predicted octanol–water partition coefficient (Wildman–Crippen LogP) is 2.41. The fourth-order valence-electron chi connectivity index (χ4n) is 4.77. The number of ether oxygens (including phenoxy) is 3. The van der Waals surface area contributed by atoms with Crippen LogP contribution < -0.4 is 26.3 Å². The van der Waals surface area contributed by atoms with E-state index in [2.05, 4.69) is 40.7 Å². The summed E-state index contributed by atoms with van der Waals surface area (Å²) in [6.07, 6.45) is 3.54. The highest BCUT2D eigenvalue weighted by Gasteiger charge is 2.25. The highest BCUT2D eigenvalue weighted by atomic mass is 79.9. The van der Waals surface area contributed by atoms with Crippen LogP contribution in [0.5, 0.6) is 11.5 Å². The van der Waals surface area contributed by atoms with Crippen molar-refractivity contribution in [3.63, 3.8) is 0 Å². The van der Waals surface area contributed by atoms with Crippen LogP contribution in [-0.2, 0) is 16.1 Å². The van der Waals surface area contributed by atoms with Crippen molar-refractivity contribution in [2.24, 2.45) is 11.7 Å². The molecule has 2 aliphatic heterocycles. The molecule has 0 spiro atoms. The monoisotopic (exact) mass is 634 g/mol. The van der Waals surface area contributed by atoms with E-state index in [-0.39, 0.29) is 6.79 Å². The second-order valence-electron chi connectivity index (χ2n) is 9.54.